The van der Waals surface area contributed by atoms with E-state index in [1.54, 1.807) is 42.5 Å². The smallest absolute Gasteiger partial charge is 0.320 e. The number of ether oxygens (including phenoxy) is 1. The van der Waals surface area contributed by atoms with E-state index in [0.717, 1.165) is 41.0 Å². The Morgan fingerprint density at radius 3 is 2.33 bits per heavy atom. The minimum absolute atomic E-state index is 0.00143. The molecule has 12 heteroatoms. The van der Waals surface area contributed by atoms with Crippen LogP contribution in [0, 0.1) is 10.8 Å². The first-order valence-corrected chi connectivity index (χ1v) is 15.4. The summed E-state index contributed by atoms with van der Waals surface area (Å²) in [5.41, 5.74) is 7.15. The third-order valence-corrected chi connectivity index (χ3v) is 8.91. The summed E-state index contributed by atoms with van der Waals surface area (Å²) in [5.74, 6) is -1.34. The van der Waals surface area contributed by atoms with Crippen LogP contribution in [-0.4, -0.2) is 65.4 Å². The summed E-state index contributed by atoms with van der Waals surface area (Å²) in [4.78, 5) is 13.4. The van der Waals surface area contributed by atoms with E-state index in [9.17, 15) is 18.3 Å². The van der Waals surface area contributed by atoms with Gasteiger partial charge in [-0.3, -0.25) is 19.9 Å². The average molecular weight is 664 g/mol. The Morgan fingerprint density at radius 1 is 1.05 bits per heavy atom. The van der Waals surface area contributed by atoms with Gasteiger partial charge in [-0.05, 0) is 52.7 Å². The van der Waals surface area contributed by atoms with Gasteiger partial charge in [0.15, 0.2) is 5.75 Å². The largest absolute Gasteiger partial charge is 0.490 e. The molecule has 1 saturated heterocycles. The van der Waals surface area contributed by atoms with Crippen molar-refractivity contribution in [2.24, 2.45) is 5.73 Å². The summed E-state index contributed by atoms with van der Waals surface area (Å²) in [6.45, 7) is 1.44. The van der Waals surface area contributed by atoms with E-state index in [2.05, 4.69) is 22.6 Å². The molecule has 0 amide bonds. The molecule has 4 rings (SSSR count). The van der Waals surface area contributed by atoms with E-state index in [1.165, 1.54) is 0 Å². The number of piperidine rings is 1. The van der Waals surface area contributed by atoms with Crippen LogP contribution in [-0.2, 0) is 21.4 Å². The van der Waals surface area contributed by atoms with Crippen LogP contribution in [0.15, 0.2) is 60.7 Å². The highest BCUT2D eigenvalue weighted by Crippen LogP contribution is 2.27. The van der Waals surface area contributed by atoms with Gasteiger partial charge in [0.05, 0.1) is 16.7 Å². The molecule has 0 spiro atoms. The number of likely N-dealkylation sites (tertiary alicyclic amines) is 1. The minimum atomic E-state index is -4.19. The summed E-state index contributed by atoms with van der Waals surface area (Å²) >= 11 is 2.18. The maximum absolute atomic E-state index is 13.1. The standard InChI is InChI=1S/C27H30IN5O5S/c28-15-25(29)32-11-9-24(10-12-32)38-23-7-5-22(6-8-23)33(39(36,37)17-26(34)35)16-18-1-2-19-3-4-20(27(30)31)14-21(19)13-18/h1-8,13-14,24,29H,9-12,15-17H2,(H3,30,31)(H,34,35). The number of aliphatic carboxylic acids is 1. The Labute approximate surface area is 241 Å². The molecular weight excluding hydrogens is 633 g/mol. The number of nitrogens with zero attached hydrogens (tertiary/aromatic N) is 2. The van der Waals surface area contributed by atoms with Gasteiger partial charge < -0.3 is 20.5 Å². The lowest BCUT2D eigenvalue weighted by molar-refractivity contribution is -0.134. The summed E-state index contributed by atoms with van der Waals surface area (Å²) < 4.78 is 34.1. The summed E-state index contributed by atoms with van der Waals surface area (Å²) in [7, 11) is -4.19. The van der Waals surface area contributed by atoms with Gasteiger partial charge in [0.25, 0.3) is 0 Å². The molecule has 1 aliphatic rings. The van der Waals surface area contributed by atoms with Crippen LogP contribution in [0.5, 0.6) is 5.75 Å². The molecule has 0 aromatic heterocycles. The number of rotatable bonds is 10. The van der Waals surface area contributed by atoms with E-state index >= 15 is 0 Å². The molecule has 5 N–H and O–H groups in total. The number of carbonyl (C=O) groups is 1. The number of hydrogen-bond acceptors (Lipinski definition) is 6. The number of anilines is 1. The monoisotopic (exact) mass is 663 g/mol. The minimum Gasteiger partial charge on any atom is -0.490 e. The Hall–Kier alpha value is -3.39. The molecule has 0 aliphatic carbocycles. The van der Waals surface area contributed by atoms with Crippen molar-refractivity contribution in [1.29, 1.82) is 10.8 Å². The highest BCUT2D eigenvalue weighted by Gasteiger charge is 2.27. The number of amidine groups is 2. The van der Waals surface area contributed by atoms with Crippen molar-refractivity contribution in [3.63, 3.8) is 0 Å². The normalized spacial score (nSPS) is 14.2. The molecule has 39 heavy (non-hydrogen) atoms. The summed E-state index contributed by atoms with van der Waals surface area (Å²) in [5, 5.41) is 26.6. The van der Waals surface area contributed by atoms with Crippen LogP contribution < -0.4 is 14.8 Å². The van der Waals surface area contributed by atoms with Crippen molar-refractivity contribution in [2.75, 3.05) is 27.6 Å². The van der Waals surface area contributed by atoms with E-state index < -0.39 is 21.7 Å². The third-order valence-electron chi connectivity index (χ3n) is 6.56. The number of halogens is 1. The maximum Gasteiger partial charge on any atom is 0.320 e. The molecule has 1 fully saturated rings. The quantitative estimate of drug-likeness (QED) is 0.111. The first-order chi connectivity index (χ1) is 18.6. The molecule has 3 aromatic carbocycles. The lowest BCUT2D eigenvalue weighted by Gasteiger charge is -2.33. The molecule has 0 saturated carbocycles. The van der Waals surface area contributed by atoms with Gasteiger partial charge in [0.1, 0.15) is 23.5 Å². The van der Waals surface area contributed by atoms with E-state index in [0.29, 0.717) is 32.8 Å². The Kier molecular flexibility index (Phi) is 8.95. The molecule has 1 aliphatic heterocycles. The van der Waals surface area contributed by atoms with Gasteiger partial charge in [0, 0.05) is 31.5 Å². The van der Waals surface area contributed by atoms with Crippen LogP contribution in [0.2, 0.25) is 0 Å². The topological polar surface area (TPSA) is 161 Å². The first-order valence-electron chi connectivity index (χ1n) is 12.3. The van der Waals surface area contributed by atoms with Gasteiger partial charge in [-0.1, -0.05) is 46.9 Å². The molecule has 0 atom stereocenters. The number of hydrogen-bond donors (Lipinski definition) is 4. The summed E-state index contributed by atoms with van der Waals surface area (Å²) in [6, 6.07) is 17.4. The molecule has 206 valence electrons. The Bertz CT molecular complexity index is 1490. The number of nitrogens with two attached hydrogens (primary N) is 1. The van der Waals surface area contributed by atoms with Crippen molar-refractivity contribution >= 4 is 66.7 Å². The Balaban J connectivity index is 1.55. The number of alkyl halides is 1. The van der Waals surface area contributed by atoms with E-state index in [4.69, 9.17) is 21.3 Å². The fourth-order valence-electron chi connectivity index (χ4n) is 4.52. The van der Waals surface area contributed by atoms with Crippen LogP contribution >= 0.6 is 22.6 Å². The highest BCUT2D eigenvalue weighted by atomic mass is 127. The third kappa shape index (κ3) is 7.18. The average Bonchev–Trinajstić information content (AvgIpc) is 2.91. The van der Waals surface area contributed by atoms with Gasteiger partial charge in [-0.25, -0.2) is 8.42 Å². The number of fused-ring (bicyclic) bond motifs is 1. The summed E-state index contributed by atoms with van der Waals surface area (Å²) in [6.07, 6.45) is 1.57. The second kappa shape index (κ2) is 12.2. The molecule has 0 unspecified atom stereocenters. The second-order valence-electron chi connectivity index (χ2n) is 9.35. The number of benzene rings is 3. The molecule has 0 bridgehead atoms. The predicted octanol–water partition coefficient (Wildman–Crippen LogP) is 3.80. The van der Waals surface area contributed by atoms with Crippen molar-refractivity contribution in [3.05, 3.63) is 71.8 Å². The molecule has 1 heterocycles. The fraction of sp³-hybridized carbons (Fsp3) is 0.296. The number of carboxylic acid groups (broad SMARTS) is 1. The zero-order valence-corrected chi connectivity index (χ0v) is 24.1. The van der Waals surface area contributed by atoms with Crippen molar-refractivity contribution in [1.82, 2.24) is 4.90 Å². The number of carboxylic acids is 1. The number of nitrogens with one attached hydrogen (secondary N) is 2. The SMILES string of the molecule is N=C(N)c1ccc2ccc(CN(c3ccc(OC4CCN(C(=N)CI)CC4)cc3)S(=O)(=O)CC(=O)O)cc2c1. The zero-order chi connectivity index (χ0) is 28.2. The highest BCUT2D eigenvalue weighted by molar-refractivity contribution is 14.1. The second-order valence-corrected chi connectivity index (χ2v) is 12.0. The van der Waals surface area contributed by atoms with Crippen molar-refractivity contribution < 1.29 is 23.1 Å². The Morgan fingerprint density at radius 2 is 1.72 bits per heavy atom. The predicted molar refractivity (Wildman–Crippen MR) is 161 cm³/mol. The molecule has 10 nitrogen and oxygen atoms in total. The fourth-order valence-corrected chi connectivity index (χ4v) is 6.26. The van der Waals surface area contributed by atoms with Gasteiger partial charge in [-0.2, -0.15) is 0 Å². The molecule has 3 aromatic rings. The van der Waals surface area contributed by atoms with Crippen molar-refractivity contribution in [3.8, 4) is 5.75 Å². The number of nitrogen functional groups attached to an aromatic ring is 1. The van der Waals surface area contributed by atoms with E-state index in [1.807, 2.05) is 23.1 Å². The van der Waals surface area contributed by atoms with E-state index in [-0.39, 0.29) is 18.5 Å². The van der Waals surface area contributed by atoms with Crippen LogP contribution in [0.25, 0.3) is 10.8 Å². The first kappa shape index (κ1) is 28.6. The lowest BCUT2D eigenvalue weighted by atomic mass is 10.0. The van der Waals surface area contributed by atoms with Crippen LogP contribution in [0.1, 0.15) is 24.0 Å². The van der Waals surface area contributed by atoms with Crippen LogP contribution in [0.3, 0.4) is 0 Å². The van der Waals surface area contributed by atoms with Gasteiger partial charge in [0.2, 0.25) is 10.0 Å². The molecular formula is C27H30IN5O5S. The van der Waals surface area contributed by atoms with Gasteiger partial charge >= 0.3 is 5.97 Å². The molecule has 0 radical (unpaired) electrons. The van der Waals surface area contributed by atoms with Crippen molar-refractivity contribution in [2.45, 2.75) is 25.5 Å². The van der Waals surface area contributed by atoms with Crippen LogP contribution in [0.4, 0.5) is 5.69 Å². The number of sulfonamides is 1. The maximum atomic E-state index is 13.1. The zero-order valence-electron chi connectivity index (χ0n) is 21.1. The van der Waals surface area contributed by atoms with Gasteiger partial charge in [-0.15, -0.1) is 0 Å². The lowest BCUT2D eigenvalue weighted by Crippen LogP contribution is -2.42.